The zero-order valence-electron chi connectivity index (χ0n) is 14.3. The Labute approximate surface area is 143 Å². The van der Waals surface area contributed by atoms with Gasteiger partial charge in [0.05, 0.1) is 11.4 Å². The fraction of sp³-hybridized carbons (Fsp3) is 0.182. The van der Waals surface area contributed by atoms with E-state index in [9.17, 15) is 0 Å². The van der Waals surface area contributed by atoms with Crippen LogP contribution in [0.25, 0.3) is 0 Å². The van der Waals surface area contributed by atoms with Crippen molar-refractivity contribution in [2.45, 2.75) is 26.2 Å². The maximum Gasteiger partial charge on any atom is 0.151 e. The molecule has 1 aliphatic heterocycles. The zero-order valence-corrected chi connectivity index (χ0v) is 14.3. The first-order chi connectivity index (χ1) is 11.5. The summed E-state index contributed by atoms with van der Waals surface area (Å²) in [5.74, 6) is 1.80. The van der Waals surface area contributed by atoms with Gasteiger partial charge in [0.25, 0.3) is 0 Å². The van der Waals surface area contributed by atoms with Crippen molar-refractivity contribution < 1.29 is 4.74 Å². The number of hydrogen-bond donors (Lipinski definition) is 0. The summed E-state index contributed by atoms with van der Waals surface area (Å²) >= 11 is 0. The highest BCUT2D eigenvalue weighted by Gasteiger charge is 2.27. The highest BCUT2D eigenvalue weighted by Crippen LogP contribution is 2.50. The maximum atomic E-state index is 6.22. The van der Waals surface area contributed by atoms with E-state index in [-0.39, 0.29) is 5.41 Å². The van der Waals surface area contributed by atoms with Crippen molar-refractivity contribution in [2.75, 3.05) is 4.90 Å². The van der Waals surface area contributed by atoms with Crippen LogP contribution in [0.4, 0.5) is 17.1 Å². The minimum absolute atomic E-state index is 0.0902. The van der Waals surface area contributed by atoms with Crippen LogP contribution in [0.2, 0.25) is 0 Å². The topological polar surface area (TPSA) is 12.5 Å². The molecule has 4 rings (SSSR count). The first kappa shape index (κ1) is 14.8. The third-order valence-electron chi connectivity index (χ3n) is 4.41. The molecule has 0 amide bonds. The van der Waals surface area contributed by atoms with Gasteiger partial charge in [0.1, 0.15) is 0 Å². The predicted molar refractivity (Wildman–Crippen MR) is 99.9 cm³/mol. The summed E-state index contributed by atoms with van der Waals surface area (Å²) in [6.07, 6.45) is 0. The Morgan fingerprint density at radius 3 is 2.12 bits per heavy atom. The molecule has 1 heterocycles. The molecule has 120 valence electrons. The van der Waals surface area contributed by atoms with Crippen LogP contribution in [0.3, 0.4) is 0 Å². The molecule has 0 fully saturated rings. The molecule has 0 atom stereocenters. The van der Waals surface area contributed by atoms with E-state index in [4.69, 9.17) is 4.74 Å². The van der Waals surface area contributed by atoms with Gasteiger partial charge in [0.2, 0.25) is 0 Å². The summed E-state index contributed by atoms with van der Waals surface area (Å²) in [6.45, 7) is 6.67. The molecule has 2 heteroatoms. The van der Waals surface area contributed by atoms with Gasteiger partial charge in [-0.15, -0.1) is 0 Å². The zero-order chi connectivity index (χ0) is 16.7. The van der Waals surface area contributed by atoms with Crippen molar-refractivity contribution in [2.24, 2.45) is 0 Å². The number of fused-ring (bicyclic) bond motifs is 2. The molecule has 0 saturated carbocycles. The van der Waals surface area contributed by atoms with E-state index < -0.39 is 0 Å². The molecule has 0 N–H and O–H groups in total. The highest BCUT2D eigenvalue weighted by molar-refractivity contribution is 5.86. The summed E-state index contributed by atoms with van der Waals surface area (Å²) in [5, 5.41) is 0. The van der Waals surface area contributed by atoms with Crippen molar-refractivity contribution in [1.82, 2.24) is 0 Å². The molecule has 0 bridgehead atoms. The lowest BCUT2D eigenvalue weighted by Gasteiger charge is -2.34. The van der Waals surface area contributed by atoms with Crippen LogP contribution in [-0.2, 0) is 5.41 Å². The van der Waals surface area contributed by atoms with Gasteiger partial charge in [-0.1, -0.05) is 57.2 Å². The van der Waals surface area contributed by atoms with E-state index in [1.165, 1.54) is 5.56 Å². The number of nitrogens with zero attached hydrogens (tertiary/aromatic N) is 1. The SMILES string of the molecule is CC(C)(C)c1ccc2c(c1)Oc1ccccc1N2c1ccccc1. The molecule has 3 aromatic rings. The fourth-order valence-electron chi connectivity index (χ4n) is 3.08. The number of rotatable bonds is 1. The summed E-state index contributed by atoms with van der Waals surface area (Å²) in [7, 11) is 0. The second-order valence-electron chi connectivity index (χ2n) is 7.17. The van der Waals surface area contributed by atoms with E-state index in [0.717, 1.165) is 28.6 Å². The van der Waals surface area contributed by atoms with Gasteiger partial charge in [-0.25, -0.2) is 0 Å². The van der Waals surface area contributed by atoms with Crippen LogP contribution in [0.5, 0.6) is 11.5 Å². The second-order valence-corrected chi connectivity index (χ2v) is 7.17. The van der Waals surface area contributed by atoms with Crippen molar-refractivity contribution >= 4 is 17.1 Å². The molecule has 3 aromatic carbocycles. The van der Waals surface area contributed by atoms with Crippen LogP contribution in [-0.4, -0.2) is 0 Å². The second kappa shape index (κ2) is 5.41. The lowest BCUT2D eigenvalue weighted by molar-refractivity contribution is 0.473. The third kappa shape index (κ3) is 2.44. The normalized spacial score (nSPS) is 13.0. The van der Waals surface area contributed by atoms with Gasteiger partial charge in [0, 0.05) is 5.69 Å². The Bertz CT molecular complexity index is 878. The number of anilines is 3. The Hall–Kier alpha value is -2.74. The monoisotopic (exact) mass is 315 g/mol. The van der Waals surface area contributed by atoms with Gasteiger partial charge in [0.15, 0.2) is 11.5 Å². The molecular weight excluding hydrogens is 294 g/mol. The number of benzene rings is 3. The van der Waals surface area contributed by atoms with E-state index in [0.29, 0.717) is 0 Å². The summed E-state index contributed by atoms with van der Waals surface area (Å²) in [5.41, 5.74) is 4.65. The van der Waals surface area contributed by atoms with E-state index >= 15 is 0 Å². The first-order valence-corrected chi connectivity index (χ1v) is 8.31. The smallest absolute Gasteiger partial charge is 0.151 e. The molecule has 0 spiro atoms. The standard InChI is InChI=1S/C22H21NO/c1-22(2,3)16-13-14-19-21(15-16)24-20-12-8-7-11-18(20)23(19)17-9-5-4-6-10-17/h4-15H,1-3H3. The van der Waals surface area contributed by atoms with Gasteiger partial charge >= 0.3 is 0 Å². The average molecular weight is 315 g/mol. The molecule has 0 unspecified atom stereocenters. The van der Waals surface area contributed by atoms with E-state index in [1.54, 1.807) is 0 Å². The van der Waals surface area contributed by atoms with Gasteiger partial charge < -0.3 is 9.64 Å². The maximum absolute atomic E-state index is 6.22. The lowest BCUT2D eigenvalue weighted by atomic mass is 9.86. The third-order valence-corrected chi connectivity index (χ3v) is 4.41. The van der Waals surface area contributed by atoms with Crippen LogP contribution in [0.1, 0.15) is 26.3 Å². The van der Waals surface area contributed by atoms with Crippen LogP contribution < -0.4 is 9.64 Å². The molecule has 2 nitrogen and oxygen atoms in total. The lowest BCUT2D eigenvalue weighted by Crippen LogP contribution is -2.17. The first-order valence-electron chi connectivity index (χ1n) is 8.31. The Morgan fingerprint density at radius 2 is 1.38 bits per heavy atom. The molecular formula is C22H21NO. The fourth-order valence-corrected chi connectivity index (χ4v) is 3.08. The molecule has 0 aliphatic carbocycles. The number of para-hydroxylation sites is 3. The minimum atomic E-state index is 0.0902. The van der Waals surface area contributed by atoms with Gasteiger partial charge in [-0.3, -0.25) is 0 Å². The highest BCUT2D eigenvalue weighted by atomic mass is 16.5. The largest absolute Gasteiger partial charge is 0.453 e. The van der Waals surface area contributed by atoms with E-state index in [1.807, 2.05) is 24.3 Å². The van der Waals surface area contributed by atoms with Crippen molar-refractivity contribution in [3.63, 3.8) is 0 Å². The number of hydrogen-bond acceptors (Lipinski definition) is 2. The summed E-state index contributed by atoms with van der Waals surface area (Å²) < 4.78 is 6.22. The van der Waals surface area contributed by atoms with Crippen LogP contribution in [0, 0.1) is 0 Å². The van der Waals surface area contributed by atoms with Crippen molar-refractivity contribution in [3.8, 4) is 11.5 Å². The molecule has 1 aliphatic rings. The van der Waals surface area contributed by atoms with E-state index in [2.05, 4.69) is 74.2 Å². The summed E-state index contributed by atoms with van der Waals surface area (Å²) in [4.78, 5) is 2.26. The minimum Gasteiger partial charge on any atom is -0.453 e. The van der Waals surface area contributed by atoms with Gasteiger partial charge in [-0.05, 0) is 47.4 Å². The number of ether oxygens (including phenoxy) is 1. The molecule has 24 heavy (non-hydrogen) atoms. The van der Waals surface area contributed by atoms with Crippen molar-refractivity contribution in [3.05, 3.63) is 78.4 Å². The predicted octanol–water partition coefficient (Wildman–Crippen LogP) is 6.56. The Kier molecular flexibility index (Phi) is 3.34. The average Bonchev–Trinajstić information content (AvgIpc) is 2.59. The Morgan fingerprint density at radius 1 is 0.708 bits per heavy atom. The quantitative estimate of drug-likeness (QED) is 0.394. The van der Waals surface area contributed by atoms with Crippen LogP contribution in [0.15, 0.2) is 72.8 Å². The summed E-state index contributed by atoms with van der Waals surface area (Å²) in [6, 6.07) is 25.2. The van der Waals surface area contributed by atoms with Gasteiger partial charge in [-0.2, -0.15) is 0 Å². The molecule has 0 aromatic heterocycles. The Balaban J connectivity index is 1.92. The van der Waals surface area contributed by atoms with Crippen molar-refractivity contribution in [1.29, 1.82) is 0 Å². The van der Waals surface area contributed by atoms with Crippen LogP contribution >= 0.6 is 0 Å². The molecule has 0 saturated heterocycles. The molecule has 0 radical (unpaired) electrons.